The highest BCUT2D eigenvalue weighted by Crippen LogP contribution is 2.34. The zero-order chi connectivity index (χ0) is 14.8. The summed E-state index contributed by atoms with van der Waals surface area (Å²) in [6, 6.07) is 3.89. The Labute approximate surface area is 122 Å². The zero-order valence-corrected chi connectivity index (χ0v) is 11.6. The van der Waals surface area contributed by atoms with Crippen LogP contribution in [-0.4, -0.2) is 45.6 Å². The fourth-order valence-electron chi connectivity index (χ4n) is 3.15. The predicted molar refractivity (Wildman–Crippen MR) is 73.5 cm³/mol. The molecule has 21 heavy (non-hydrogen) atoms. The van der Waals surface area contributed by atoms with E-state index < -0.39 is 18.2 Å². The number of hydrogen-bond donors (Lipinski definition) is 1. The quantitative estimate of drug-likeness (QED) is 0.909. The van der Waals surface area contributed by atoms with Crippen LogP contribution in [0, 0.1) is 0 Å². The topological polar surface area (TPSA) is 79.7 Å². The number of ether oxygens (including phenoxy) is 1. The Morgan fingerprint density at radius 2 is 1.90 bits per heavy atom. The molecule has 0 saturated carbocycles. The third-order valence-electron chi connectivity index (χ3n) is 4.20. The van der Waals surface area contributed by atoms with Crippen LogP contribution in [0.3, 0.4) is 0 Å². The Balaban J connectivity index is 1.71. The van der Waals surface area contributed by atoms with E-state index >= 15 is 0 Å². The van der Waals surface area contributed by atoms with Crippen molar-refractivity contribution in [1.82, 2.24) is 9.88 Å². The molecule has 0 radical (unpaired) electrons. The minimum Gasteiger partial charge on any atom is -0.479 e. The summed E-state index contributed by atoms with van der Waals surface area (Å²) in [6.45, 7) is 0.698. The number of carboxylic acid groups (broad SMARTS) is 1. The number of rotatable bonds is 3. The number of aliphatic carboxylic acids is 1. The number of carboxylic acids is 1. The van der Waals surface area contributed by atoms with E-state index in [1.165, 1.54) is 0 Å². The van der Waals surface area contributed by atoms with Crippen LogP contribution in [0.2, 0.25) is 0 Å². The van der Waals surface area contributed by atoms with Gasteiger partial charge in [-0.15, -0.1) is 0 Å². The summed E-state index contributed by atoms with van der Waals surface area (Å²) in [5.41, 5.74) is 1.07. The molecule has 3 unspecified atom stereocenters. The molecule has 3 heterocycles. The molecule has 6 heteroatoms. The van der Waals surface area contributed by atoms with E-state index in [0.717, 1.165) is 18.4 Å². The van der Waals surface area contributed by atoms with Crippen LogP contribution in [0.4, 0.5) is 0 Å². The molecule has 6 nitrogen and oxygen atoms in total. The van der Waals surface area contributed by atoms with Crippen LogP contribution < -0.4 is 0 Å². The number of amides is 1. The maximum atomic E-state index is 12.6. The van der Waals surface area contributed by atoms with E-state index in [1.807, 2.05) is 17.0 Å². The van der Waals surface area contributed by atoms with Crippen molar-refractivity contribution in [1.29, 1.82) is 0 Å². The Bertz CT molecular complexity index is 534. The highest BCUT2D eigenvalue weighted by atomic mass is 16.5. The Hall–Kier alpha value is -1.95. The van der Waals surface area contributed by atoms with Crippen molar-refractivity contribution < 1.29 is 19.4 Å². The van der Waals surface area contributed by atoms with Crippen LogP contribution in [0.1, 0.15) is 37.3 Å². The van der Waals surface area contributed by atoms with E-state index in [1.54, 1.807) is 12.4 Å². The zero-order valence-electron chi connectivity index (χ0n) is 11.6. The fourth-order valence-corrected chi connectivity index (χ4v) is 3.15. The molecule has 2 aliphatic rings. The van der Waals surface area contributed by atoms with Gasteiger partial charge < -0.3 is 14.7 Å². The number of aromatic nitrogens is 1. The standard InChI is InChI=1S/C15H18N2O4/c18-14(12-3-4-13(21-12)15(19)20)17-9-1-2-11(17)10-5-7-16-8-6-10/h5-8,11-13H,1-4,9H2,(H,19,20). The number of hydrogen-bond acceptors (Lipinski definition) is 4. The van der Waals surface area contributed by atoms with Gasteiger partial charge in [0.2, 0.25) is 0 Å². The van der Waals surface area contributed by atoms with Crippen LogP contribution in [0.15, 0.2) is 24.5 Å². The smallest absolute Gasteiger partial charge is 0.332 e. The average Bonchev–Trinajstić information content (AvgIpc) is 3.17. The summed E-state index contributed by atoms with van der Waals surface area (Å²) in [7, 11) is 0. The SMILES string of the molecule is O=C(O)C1CCC(C(=O)N2CCCC2c2ccncc2)O1. The second-order valence-corrected chi connectivity index (χ2v) is 5.50. The van der Waals surface area contributed by atoms with Gasteiger partial charge >= 0.3 is 5.97 Å². The minimum atomic E-state index is -0.989. The molecule has 2 fully saturated rings. The predicted octanol–water partition coefficient (Wildman–Crippen LogP) is 1.38. The van der Waals surface area contributed by atoms with Crippen molar-refractivity contribution in [2.24, 2.45) is 0 Å². The summed E-state index contributed by atoms with van der Waals surface area (Å²) in [5, 5.41) is 8.95. The second kappa shape index (κ2) is 5.81. The lowest BCUT2D eigenvalue weighted by Crippen LogP contribution is -2.39. The summed E-state index contributed by atoms with van der Waals surface area (Å²) >= 11 is 0. The first-order chi connectivity index (χ1) is 10.2. The molecule has 2 saturated heterocycles. The highest BCUT2D eigenvalue weighted by molar-refractivity contribution is 5.83. The van der Waals surface area contributed by atoms with Crippen molar-refractivity contribution in [3.63, 3.8) is 0 Å². The molecule has 1 N–H and O–H groups in total. The van der Waals surface area contributed by atoms with Crippen LogP contribution in [-0.2, 0) is 14.3 Å². The average molecular weight is 290 g/mol. The highest BCUT2D eigenvalue weighted by Gasteiger charge is 2.40. The van der Waals surface area contributed by atoms with Gasteiger partial charge in [0.1, 0.15) is 6.10 Å². The van der Waals surface area contributed by atoms with Crippen LogP contribution in [0.25, 0.3) is 0 Å². The fraction of sp³-hybridized carbons (Fsp3) is 0.533. The van der Waals surface area contributed by atoms with Gasteiger partial charge in [0, 0.05) is 18.9 Å². The molecule has 0 aromatic carbocycles. The first kappa shape index (κ1) is 14.0. The van der Waals surface area contributed by atoms with Crippen LogP contribution in [0.5, 0.6) is 0 Å². The summed E-state index contributed by atoms with van der Waals surface area (Å²) in [6.07, 6.45) is 4.74. The minimum absolute atomic E-state index is 0.0491. The molecular formula is C15H18N2O4. The second-order valence-electron chi connectivity index (χ2n) is 5.50. The van der Waals surface area contributed by atoms with Gasteiger partial charge in [-0.1, -0.05) is 0 Å². The number of nitrogens with zero attached hydrogens (tertiary/aromatic N) is 2. The molecule has 1 aromatic heterocycles. The lowest BCUT2D eigenvalue weighted by molar-refractivity contribution is -0.155. The molecule has 112 valence electrons. The number of pyridine rings is 1. The van der Waals surface area contributed by atoms with Crippen molar-refractivity contribution in [2.45, 2.75) is 43.9 Å². The molecule has 0 bridgehead atoms. The largest absolute Gasteiger partial charge is 0.479 e. The van der Waals surface area contributed by atoms with Gasteiger partial charge in [0.15, 0.2) is 6.10 Å². The third kappa shape index (κ3) is 2.76. The van der Waals surface area contributed by atoms with Crippen molar-refractivity contribution in [3.05, 3.63) is 30.1 Å². The van der Waals surface area contributed by atoms with E-state index in [0.29, 0.717) is 19.4 Å². The summed E-state index contributed by atoms with van der Waals surface area (Å²) in [4.78, 5) is 29.3. The van der Waals surface area contributed by atoms with Gasteiger partial charge in [-0.2, -0.15) is 0 Å². The molecule has 2 aliphatic heterocycles. The summed E-state index contributed by atoms with van der Waals surface area (Å²) in [5.74, 6) is -1.07. The molecule has 1 amide bonds. The van der Waals surface area contributed by atoms with Gasteiger partial charge in [0.05, 0.1) is 6.04 Å². The monoisotopic (exact) mass is 290 g/mol. The molecule has 0 aliphatic carbocycles. The van der Waals surface area contributed by atoms with Gasteiger partial charge in [-0.3, -0.25) is 9.78 Å². The van der Waals surface area contributed by atoms with Gasteiger partial charge in [0.25, 0.3) is 5.91 Å². The lowest BCUT2D eigenvalue weighted by atomic mass is 10.1. The van der Waals surface area contributed by atoms with E-state index in [4.69, 9.17) is 9.84 Å². The maximum absolute atomic E-state index is 12.6. The number of carbonyl (C=O) groups excluding carboxylic acids is 1. The Kier molecular flexibility index (Phi) is 3.88. The van der Waals surface area contributed by atoms with Crippen molar-refractivity contribution in [2.75, 3.05) is 6.54 Å². The lowest BCUT2D eigenvalue weighted by Gasteiger charge is -2.27. The molecule has 3 rings (SSSR count). The van der Waals surface area contributed by atoms with Gasteiger partial charge in [-0.05, 0) is 43.4 Å². The maximum Gasteiger partial charge on any atom is 0.332 e. The summed E-state index contributed by atoms with van der Waals surface area (Å²) < 4.78 is 5.38. The van der Waals surface area contributed by atoms with E-state index in [9.17, 15) is 9.59 Å². The molecular weight excluding hydrogens is 272 g/mol. The number of likely N-dealkylation sites (tertiary alicyclic amines) is 1. The first-order valence-corrected chi connectivity index (χ1v) is 7.25. The van der Waals surface area contributed by atoms with Gasteiger partial charge in [-0.25, -0.2) is 4.79 Å². The van der Waals surface area contributed by atoms with Crippen molar-refractivity contribution in [3.8, 4) is 0 Å². The van der Waals surface area contributed by atoms with E-state index in [2.05, 4.69) is 4.98 Å². The molecule has 1 aromatic rings. The van der Waals surface area contributed by atoms with Crippen LogP contribution >= 0.6 is 0 Å². The Morgan fingerprint density at radius 1 is 1.19 bits per heavy atom. The Morgan fingerprint density at radius 3 is 2.57 bits per heavy atom. The third-order valence-corrected chi connectivity index (χ3v) is 4.20. The number of carbonyl (C=O) groups is 2. The normalized spacial score (nSPS) is 28.8. The van der Waals surface area contributed by atoms with E-state index in [-0.39, 0.29) is 11.9 Å². The first-order valence-electron chi connectivity index (χ1n) is 7.25. The molecule has 3 atom stereocenters. The molecule has 0 spiro atoms. The van der Waals surface area contributed by atoms with Crippen molar-refractivity contribution >= 4 is 11.9 Å².